The van der Waals surface area contributed by atoms with Crippen molar-refractivity contribution < 1.29 is 14.8 Å². The molecule has 0 unspecified atom stereocenters. The van der Waals surface area contributed by atoms with Crippen LogP contribution >= 0.6 is 11.8 Å². The summed E-state index contributed by atoms with van der Waals surface area (Å²) in [5, 5.41) is 17.2. The van der Waals surface area contributed by atoms with Crippen LogP contribution in [0.25, 0.3) is 5.65 Å². The number of amides is 1. The van der Waals surface area contributed by atoms with Crippen molar-refractivity contribution in [2.24, 2.45) is 7.05 Å². The molecule has 3 aromatic rings. The number of thioether (sulfide) groups is 1. The number of rotatable bonds is 8. The Balaban J connectivity index is 1.86. The number of fused-ring (bicyclic) bond motifs is 1. The number of nitrogens with one attached hydrogen (secondary N) is 2. The fourth-order valence-corrected chi connectivity index (χ4v) is 4.05. The Morgan fingerprint density at radius 1 is 1.38 bits per heavy atom. The predicted molar refractivity (Wildman–Crippen MR) is 123 cm³/mol. The maximum absolute atomic E-state index is 12.6. The van der Waals surface area contributed by atoms with E-state index >= 15 is 0 Å². The van der Waals surface area contributed by atoms with E-state index in [1.807, 2.05) is 16.7 Å². The summed E-state index contributed by atoms with van der Waals surface area (Å²) in [4.78, 5) is 22.1. The van der Waals surface area contributed by atoms with Gasteiger partial charge in [-0.25, -0.2) is 9.97 Å². The smallest absolute Gasteiger partial charge is 0.305 e. The highest BCUT2D eigenvalue weighted by Crippen LogP contribution is 2.38. The first kappa shape index (κ1) is 23.5. The van der Waals surface area contributed by atoms with Crippen molar-refractivity contribution in [2.75, 3.05) is 14.2 Å². The Morgan fingerprint density at radius 3 is 2.72 bits per heavy atom. The number of nitrogens with two attached hydrogens (primary N) is 1. The summed E-state index contributed by atoms with van der Waals surface area (Å²) in [5.74, 6) is 0.955. The average molecular weight is 458 g/mol. The third-order valence-corrected chi connectivity index (χ3v) is 5.55. The lowest BCUT2D eigenvalue weighted by molar-refractivity contribution is -0.570. The van der Waals surface area contributed by atoms with Gasteiger partial charge in [0.25, 0.3) is 0 Å². The number of aromatic nitrogens is 5. The molecule has 170 valence electrons. The third-order valence-electron chi connectivity index (χ3n) is 4.41. The minimum atomic E-state index is -0.302. The maximum Gasteiger partial charge on any atom is 0.305 e. The molecule has 0 saturated carbocycles. The van der Waals surface area contributed by atoms with Crippen LogP contribution in [-0.4, -0.2) is 54.7 Å². The van der Waals surface area contributed by atoms with Crippen LogP contribution in [0.15, 0.2) is 41.5 Å². The van der Waals surface area contributed by atoms with Gasteiger partial charge in [-0.1, -0.05) is 20.8 Å². The maximum atomic E-state index is 12.6. The Bertz CT molecular complexity index is 1170. The molecule has 0 aliphatic carbocycles. The van der Waals surface area contributed by atoms with Gasteiger partial charge in [-0.15, -0.1) is 11.8 Å². The van der Waals surface area contributed by atoms with Gasteiger partial charge in [-0.2, -0.15) is 5.10 Å². The van der Waals surface area contributed by atoms with E-state index in [4.69, 9.17) is 10.1 Å². The van der Waals surface area contributed by atoms with Crippen LogP contribution in [0.1, 0.15) is 32.3 Å². The summed E-state index contributed by atoms with van der Waals surface area (Å²) in [7, 11) is 5.16. The number of ether oxygens (including phenoxy) is 1. The highest BCUT2D eigenvalue weighted by atomic mass is 32.2. The lowest BCUT2D eigenvalue weighted by Gasteiger charge is -2.19. The van der Waals surface area contributed by atoms with Gasteiger partial charge in [0.2, 0.25) is 0 Å². The van der Waals surface area contributed by atoms with Crippen LogP contribution in [0.5, 0.6) is 5.75 Å². The quantitative estimate of drug-likeness (QED) is 0.264. The van der Waals surface area contributed by atoms with Crippen molar-refractivity contribution in [3.63, 3.8) is 0 Å². The zero-order valence-electron chi connectivity index (χ0n) is 19.1. The zero-order valence-corrected chi connectivity index (χ0v) is 19.9. The van der Waals surface area contributed by atoms with Crippen molar-refractivity contribution in [3.05, 3.63) is 48.1 Å². The number of carbonyl (C=O) groups excluding carboxylic acids is 1. The topological polar surface area (TPSA) is 127 Å². The van der Waals surface area contributed by atoms with Gasteiger partial charge in [0.15, 0.2) is 11.5 Å². The summed E-state index contributed by atoms with van der Waals surface area (Å²) in [6.45, 7) is 6.59. The molecule has 0 spiro atoms. The van der Waals surface area contributed by atoms with E-state index in [1.165, 1.54) is 6.08 Å². The van der Waals surface area contributed by atoms with Crippen LogP contribution in [0.3, 0.4) is 0 Å². The predicted octanol–water partition coefficient (Wildman–Crippen LogP) is 1.12. The Morgan fingerprint density at radius 2 is 2.12 bits per heavy atom. The number of pyridine rings is 1. The first-order valence-electron chi connectivity index (χ1n) is 10.1. The molecule has 0 fully saturated rings. The summed E-state index contributed by atoms with van der Waals surface area (Å²) in [6, 6.07) is 1.86. The Labute approximate surface area is 191 Å². The van der Waals surface area contributed by atoms with E-state index in [1.54, 1.807) is 55.5 Å². The van der Waals surface area contributed by atoms with Crippen molar-refractivity contribution in [1.29, 1.82) is 5.41 Å². The normalized spacial score (nSPS) is 12.2. The average Bonchev–Trinajstić information content (AvgIpc) is 3.33. The number of allylic oxidation sites excluding steroid dienone is 1. The van der Waals surface area contributed by atoms with Gasteiger partial charge >= 0.3 is 5.91 Å². The molecular formula is C21H29N8O2S+. The lowest BCUT2D eigenvalue weighted by Crippen LogP contribution is -2.80. The van der Waals surface area contributed by atoms with Crippen LogP contribution in [0.4, 0.5) is 0 Å². The van der Waals surface area contributed by atoms with Gasteiger partial charge in [0.1, 0.15) is 17.7 Å². The Kier molecular flexibility index (Phi) is 6.99. The van der Waals surface area contributed by atoms with Gasteiger partial charge < -0.3 is 15.4 Å². The van der Waals surface area contributed by atoms with Crippen LogP contribution < -0.4 is 15.4 Å². The van der Waals surface area contributed by atoms with Crippen LogP contribution in [0, 0.1) is 5.41 Å². The number of nitrogens with zero attached hydrogens (tertiary/aromatic N) is 5. The lowest BCUT2D eigenvalue weighted by atomic mass is 10.2. The molecule has 32 heavy (non-hydrogen) atoms. The van der Waals surface area contributed by atoms with E-state index in [9.17, 15) is 4.79 Å². The molecule has 10 nitrogen and oxygen atoms in total. The second-order valence-electron chi connectivity index (χ2n) is 8.11. The first-order valence-corrected chi connectivity index (χ1v) is 10.9. The van der Waals surface area contributed by atoms with Crippen molar-refractivity contribution in [1.82, 2.24) is 29.5 Å². The van der Waals surface area contributed by atoms with Crippen LogP contribution in [-0.2, 0) is 18.4 Å². The largest absolute Gasteiger partial charge is 0.495 e. The number of quaternary nitrogens is 1. The SMILES string of the molecule is C[NH2+]/C(=C\C(=N)c1cnc2cc(OC)c(SC(C)(C)C)cn12)C(=O)NCc1ncn(C)n1. The summed E-state index contributed by atoms with van der Waals surface area (Å²) >= 11 is 1.68. The van der Waals surface area contributed by atoms with Crippen molar-refractivity contribution in [3.8, 4) is 5.75 Å². The number of methoxy groups -OCH3 is 1. The highest BCUT2D eigenvalue weighted by molar-refractivity contribution is 8.00. The van der Waals surface area contributed by atoms with Gasteiger partial charge in [-0.05, 0) is 0 Å². The van der Waals surface area contributed by atoms with Crippen molar-refractivity contribution in [2.45, 2.75) is 37.0 Å². The molecule has 0 aliphatic heterocycles. The molecular weight excluding hydrogens is 428 g/mol. The van der Waals surface area contributed by atoms with E-state index in [-0.39, 0.29) is 22.9 Å². The highest BCUT2D eigenvalue weighted by Gasteiger charge is 2.20. The van der Waals surface area contributed by atoms with Gasteiger partial charge in [0.05, 0.1) is 43.2 Å². The molecule has 0 atom stereocenters. The van der Waals surface area contributed by atoms with Crippen molar-refractivity contribution >= 4 is 29.0 Å². The first-order chi connectivity index (χ1) is 15.1. The second kappa shape index (κ2) is 9.53. The van der Waals surface area contributed by atoms with E-state index in [0.717, 1.165) is 10.6 Å². The molecule has 1 amide bonds. The molecule has 3 heterocycles. The number of hydrogen-bond donors (Lipinski definition) is 3. The molecule has 3 rings (SSSR count). The number of hydrogen-bond acceptors (Lipinski definition) is 7. The number of aryl methyl sites for hydroxylation is 1. The standard InChI is InChI=1S/C21H28N8O2S/c1-21(2,3)32-17-11-29-15(9-24-19(29)8-16(17)31-6)13(22)7-14(23-4)20(30)25-10-18-26-12-28(5)27-18/h7-9,11-12,22-23H,10H2,1-6H3,(H,25,30)/p+1/b14-7-,22-13?. The van der Waals surface area contributed by atoms with Gasteiger partial charge in [0, 0.05) is 30.1 Å². The molecule has 11 heteroatoms. The summed E-state index contributed by atoms with van der Waals surface area (Å²) in [5.41, 5.74) is 1.80. The number of carbonyl (C=O) groups is 1. The molecule has 4 N–H and O–H groups in total. The molecule has 0 radical (unpaired) electrons. The summed E-state index contributed by atoms with van der Waals surface area (Å²) < 4.78 is 8.94. The molecule has 0 aliphatic rings. The minimum Gasteiger partial charge on any atom is -0.495 e. The fourth-order valence-electron chi connectivity index (χ4n) is 2.99. The molecule has 0 bridgehead atoms. The van der Waals surface area contributed by atoms with Crippen LogP contribution in [0.2, 0.25) is 0 Å². The number of imidazole rings is 1. The van der Waals surface area contributed by atoms with E-state index < -0.39 is 0 Å². The zero-order chi connectivity index (χ0) is 23.5. The Hall–Kier alpha value is -3.18. The molecule has 0 aromatic carbocycles. The van der Waals surface area contributed by atoms with E-state index in [0.29, 0.717) is 22.9 Å². The van der Waals surface area contributed by atoms with Gasteiger partial charge in [-0.3, -0.25) is 19.3 Å². The second-order valence-corrected chi connectivity index (χ2v) is 9.98. The third kappa shape index (κ3) is 5.54. The molecule has 3 aromatic heterocycles. The summed E-state index contributed by atoms with van der Waals surface area (Å²) in [6.07, 6.45) is 6.66. The monoisotopic (exact) mass is 457 g/mol. The molecule has 0 saturated heterocycles. The minimum absolute atomic E-state index is 0.0139. The van der Waals surface area contributed by atoms with E-state index in [2.05, 4.69) is 41.2 Å². The fraction of sp³-hybridized carbons (Fsp3) is 0.381. The number of likely N-dealkylation sites (N-methyl/N-ethyl adjacent to an activating group) is 1.